The number of hydrogen-bond acceptors (Lipinski definition) is 2. The third-order valence-corrected chi connectivity index (χ3v) is 3.12. The van der Waals surface area contributed by atoms with Crippen molar-refractivity contribution < 1.29 is 0 Å². The van der Waals surface area contributed by atoms with Crippen molar-refractivity contribution in [3.63, 3.8) is 0 Å². The Kier molecular flexibility index (Phi) is 5.78. The first-order valence-corrected chi connectivity index (χ1v) is 6.29. The molecule has 0 fully saturated rings. The Labute approximate surface area is 103 Å². The molecule has 1 heterocycles. The van der Waals surface area contributed by atoms with E-state index in [1.165, 1.54) is 12.8 Å². The van der Waals surface area contributed by atoms with Crippen LogP contribution in [0.4, 0.5) is 0 Å². The Morgan fingerprint density at radius 1 is 1.38 bits per heavy atom. The van der Waals surface area contributed by atoms with Gasteiger partial charge in [0.25, 0.3) is 0 Å². The van der Waals surface area contributed by atoms with Gasteiger partial charge in [-0.05, 0) is 31.0 Å². The molecular weight excluding hydrogens is 220 g/mol. The highest BCUT2D eigenvalue weighted by Gasteiger charge is 2.12. The Bertz CT molecular complexity index is 313. The average Bonchev–Trinajstić information content (AvgIpc) is 2.25. The standard InChI is InChI=1S/C13H21ClN2/c1-10(2)5-4-6-13(15-3)11-7-8-16-9-12(11)14/h7-10,13,15H,4-6H2,1-3H3. The van der Waals surface area contributed by atoms with Gasteiger partial charge in [0.2, 0.25) is 0 Å². The number of rotatable bonds is 6. The Morgan fingerprint density at radius 3 is 2.69 bits per heavy atom. The summed E-state index contributed by atoms with van der Waals surface area (Å²) in [5.41, 5.74) is 1.16. The first-order chi connectivity index (χ1) is 7.65. The van der Waals surface area contributed by atoms with Gasteiger partial charge in [0.1, 0.15) is 0 Å². The lowest BCUT2D eigenvalue weighted by atomic mass is 9.99. The van der Waals surface area contributed by atoms with Crippen LogP contribution >= 0.6 is 11.6 Å². The zero-order valence-electron chi connectivity index (χ0n) is 10.3. The summed E-state index contributed by atoms with van der Waals surface area (Å²) < 4.78 is 0. The highest BCUT2D eigenvalue weighted by Crippen LogP contribution is 2.25. The SMILES string of the molecule is CNC(CCCC(C)C)c1ccncc1Cl. The van der Waals surface area contributed by atoms with Gasteiger partial charge in [-0.25, -0.2) is 0 Å². The number of nitrogens with zero attached hydrogens (tertiary/aromatic N) is 1. The van der Waals surface area contributed by atoms with E-state index in [2.05, 4.69) is 24.1 Å². The predicted octanol–water partition coefficient (Wildman–Crippen LogP) is 3.82. The largest absolute Gasteiger partial charge is 0.313 e. The summed E-state index contributed by atoms with van der Waals surface area (Å²) in [4.78, 5) is 4.01. The lowest BCUT2D eigenvalue weighted by Crippen LogP contribution is -2.17. The van der Waals surface area contributed by atoms with E-state index in [1.54, 1.807) is 12.4 Å². The van der Waals surface area contributed by atoms with Crippen LogP contribution in [0.1, 0.15) is 44.7 Å². The fourth-order valence-electron chi connectivity index (χ4n) is 1.85. The highest BCUT2D eigenvalue weighted by atomic mass is 35.5. The molecule has 2 nitrogen and oxygen atoms in total. The molecule has 0 saturated heterocycles. The summed E-state index contributed by atoms with van der Waals surface area (Å²) in [5, 5.41) is 4.08. The second-order valence-corrected chi connectivity index (χ2v) is 4.97. The lowest BCUT2D eigenvalue weighted by Gasteiger charge is -2.18. The maximum Gasteiger partial charge on any atom is 0.0637 e. The molecule has 90 valence electrons. The molecule has 0 saturated carbocycles. The molecule has 16 heavy (non-hydrogen) atoms. The van der Waals surface area contributed by atoms with Crippen LogP contribution in [-0.2, 0) is 0 Å². The van der Waals surface area contributed by atoms with Crippen LogP contribution in [0.3, 0.4) is 0 Å². The van der Waals surface area contributed by atoms with E-state index >= 15 is 0 Å². The molecule has 1 aromatic heterocycles. The van der Waals surface area contributed by atoms with Gasteiger partial charge >= 0.3 is 0 Å². The maximum absolute atomic E-state index is 6.14. The van der Waals surface area contributed by atoms with Crippen LogP contribution in [0.25, 0.3) is 0 Å². The molecule has 0 aliphatic rings. The predicted molar refractivity (Wildman–Crippen MR) is 69.7 cm³/mol. The molecule has 1 rings (SSSR count). The zero-order chi connectivity index (χ0) is 12.0. The molecule has 1 aromatic rings. The van der Waals surface area contributed by atoms with E-state index in [4.69, 9.17) is 11.6 Å². The molecule has 1 unspecified atom stereocenters. The number of pyridine rings is 1. The molecule has 0 aliphatic heterocycles. The lowest BCUT2D eigenvalue weighted by molar-refractivity contribution is 0.470. The molecule has 3 heteroatoms. The van der Waals surface area contributed by atoms with Crippen molar-refractivity contribution in [3.8, 4) is 0 Å². The average molecular weight is 241 g/mol. The summed E-state index contributed by atoms with van der Waals surface area (Å²) in [6, 6.07) is 2.34. The molecule has 1 atom stereocenters. The zero-order valence-corrected chi connectivity index (χ0v) is 11.1. The normalized spacial score (nSPS) is 13.1. The first kappa shape index (κ1) is 13.5. The van der Waals surface area contributed by atoms with E-state index in [0.29, 0.717) is 6.04 Å². The molecule has 0 bridgehead atoms. The van der Waals surface area contributed by atoms with E-state index in [1.807, 2.05) is 13.1 Å². The van der Waals surface area contributed by atoms with Crippen molar-refractivity contribution in [3.05, 3.63) is 29.0 Å². The van der Waals surface area contributed by atoms with Crippen molar-refractivity contribution in [2.75, 3.05) is 7.05 Å². The molecular formula is C13H21ClN2. The number of halogens is 1. The van der Waals surface area contributed by atoms with Gasteiger partial charge in [-0.1, -0.05) is 38.3 Å². The van der Waals surface area contributed by atoms with Gasteiger partial charge in [0, 0.05) is 18.4 Å². The van der Waals surface area contributed by atoms with E-state index in [-0.39, 0.29) is 0 Å². The smallest absolute Gasteiger partial charge is 0.0637 e. The first-order valence-electron chi connectivity index (χ1n) is 5.91. The number of aromatic nitrogens is 1. The summed E-state index contributed by atoms with van der Waals surface area (Å²) >= 11 is 6.14. The molecule has 0 aromatic carbocycles. The van der Waals surface area contributed by atoms with Gasteiger partial charge in [0.05, 0.1) is 5.02 Å². The molecule has 0 spiro atoms. The minimum atomic E-state index is 0.342. The van der Waals surface area contributed by atoms with Gasteiger partial charge in [-0.15, -0.1) is 0 Å². The summed E-state index contributed by atoms with van der Waals surface area (Å²) in [6.07, 6.45) is 7.12. The van der Waals surface area contributed by atoms with E-state index < -0.39 is 0 Å². The van der Waals surface area contributed by atoms with Crippen LogP contribution in [0.5, 0.6) is 0 Å². The van der Waals surface area contributed by atoms with E-state index in [9.17, 15) is 0 Å². The molecule has 1 N–H and O–H groups in total. The topological polar surface area (TPSA) is 24.9 Å². The van der Waals surface area contributed by atoms with Gasteiger partial charge in [-0.2, -0.15) is 0 Å². The van der Waals surface area contributed by atoms with Crippen LogP contribution in [0, 0.1) is 5.92 Å². The Hall–Kier alpha value is -0.600. The van der Waals surface area contributed by atoms with Crippen LogP contribution < -0.4 is 5.32 Å². The monoisotopic (exact) mass is 240 g/mol. The number of nitrogens with one attached hydrogen (secondary N) is 1. The van der Waals surface area contributed by atoms with Gasteiger partial charge < -0.3 is 5.32 Å². The quantitative estimate of drug-likeness (QED) is 0.818. The van der Waals surface area contributed by atoms with Gasteiger partial charge in [0.15, 0.2) is 0 Å². The van der Waals surface area contributed by atoms with Crippen molar-refractivity contribution in [2.24, 2.45) is 5.92 Å². The second-order valence-electron chi connectivity index (χ2n) is 4.56. The third kappa shape index (κ3) is 4.11. The van der Waals surface area contributed by atoms with Crippen molar-refractivity contribution in [1.29, 1.82) is 0 Å². The Balaban J connectivity index is 2.57. The van der Waals surface area contributed by atoms with Crippen molar-refractivity contribution >= 4 is 11.6 Å². The number of hydrogen-bond donors (Lipinski definition) is 1. The fourth-order valence-corrected chi connectivity index (χ4v) is 2.11. The molecule has 0 amide bonds. The van der Waals surface area contributed by atoms with Crippen LogP contribution in [0.2, 0.25) is 5.02 Å². The maximum atomic E-state index is 6.14. The molecule has 0 aliphatic carbocycles. The minimum Gasteiger partial charge on any atom is -0.313 e. The summed E-state index contributed by atoms with van der Waals surface area (Å²) in [7, 11) is 1.98. The van der Waals surface area contributed by atoms with Crippen molar-refractivity contribution in [2.45, 2.75) is 39.2 Å². The van der Waals surface area contributed by atoms with E-state index in [0.717, 1.165) is 22.9 Å². The summed E-state index contributed by atoms with van der Waals surface area (Å²) in [5.74, 6) is 0.769. The van der Waals surface area contributed by atoms with Crippen LogP contribution in [0.15, 0.2) is 18.5 Å². The summed E-state index contributed by atoms with van der Waals surface area (Å²) in [6.45, 7) is 4.52. The van der Waals surface area contributed by atoms with Crippen LogP contribution in [-0.4, -0.2) is 12.0 Å². The third-order valence-electron chi connectivity index (χ3n) is 2.80. The fraction of sp³-hybridized carbons (Fsp3) is 0.615. The van der Waals surface area contributed by atoms with Gasteiger partial charge in [-0.3, -0.25) is 4.98 Å². The highest BCUT2D eigenvalue weighted by molar-refractivity contribution is 6.31. The molecule has 0 radical (unpaired) electrons. The second kappa shape index (κ2) is 6.87. The Morgan fingerprint density at radius 2 is 2.12 bits per heavy atom. The minimum absolute atomic E-state index is 0.342. The van der Waals surface area contributed by atoms with Crippen molar-refractivity contribution in [1.82, 2.24) is 10.3 Å².